The maximum atomic E-state index is 12.5. The molecule has 4 N–H and O–H groups in total. The van der Waals surface area contributed by atoms with Gasteiger partial charge in [0.1, 0.15) is 19.0 Å². The van der Waals surface area contributed by atoms with Gasteiger partial charge in [0.2, 0.25) is 0 Å². The molecule has 46 heavy (non-hydrogen) atoms. The van der Waals surface area contributed by atoms with Crippen molar-refractivity contribution in [3.63, 3.8) is 0 Å². The van der Waals surface area contributed by atoms with Crippen LogP contribution < -0.4 is 30.3 Å². The molecule has 0 spiro atoms. The van der Waals surface area contributed by atoms with E-state index in [4.69, 9.17) is 18.9 Å². The zero-order valence-corrected chi connectivity index (χ0v) is 28.3. The molecule has 0 fully saturated rings. The third-order valence-electron chi connectivity index (χ3n) is 6.65. The average Bonchev–Trinajstić information content (AvgIpc) is 3.03. The Morgan fingerprint density at radius 3 is 2.67 bits per heavy atom. The Bertz CT molecular complexity index is 1710. The molecule has 2 atom stereocenters. The van der Waals surface area contributed by atoms with Crippen LogP contribution in [0.4, 0.5) is 4.79 Å². The van der Waals surface area contributed by atoms with Gasteiger partial charge in [-0.2, -0.15) is 10.4 Å². The number of ether oxygens (including phenoxy) is 4. The zero-order chi connectivity index (χ0) is 33.2. The number of rotatable bonds is 13. The van der Waals surface area contributed by atoms with Crippen LogP contribution in [0.3, 0.4) is 0 Å². The summed E-state index contributed by atoms with van der Waals surface area (Å²) < 4.78 is 24.0. The largest absolute Gasteiger partial charge is 0.490 e. The van der Waals surface area contributed by atoms with Crippen molar-refractivity contribution in [1.82, 2.24) is 16.1 Å². The third-order valence-corrected chi connectivity index (χ3v) is 7.69. The summed E-state index contributed by atoms with van der Waals surface area (Å²) in [5, 5.41) is 29.4. The predicted octanol–water partition coefficient (Wildman–Crippen LogP) is 5.18. The lowest BCUT2D eigenvalue weighted by molar-refractivity contribution is -0.136. The number of halogens is 2. The van der Waals surface area contributed by atoms with Gasteiger partial charge in [-0.25, -0.2) is 9.59 Å². The molecular weight excluding hydrogens is 726 g/mol. The first-order valence-electron chi connectivity index (χ1n) is 14.0. The number of amides is 2. The van der Waals surface area contributed by atoms with Crippen LogP contribution in [0.15, 0.2) is 79.9 Å². The van der Waals surface area contributed by atoms with Crippen LogP contribution in [0.1, 0.15) is 42.1 Å². The molecule has 0 unspecified atom stereocenters. The normalized spacial score (nSPS) is 15.0. The van der Waals surface area contributed by atoms with Crippen molar-refractivity contribution < 1.29 is 33.6 Å². The second kappa shape index (κ2) is 16.1. The number of benzene rings is 3. The van der Waals surface area contributed by atoms with E-state index in [2.05, 4.69) is 59.1 Å². The van der Waals surface area contributed by atoms with Crippen LogP contribution in [0.5, 0.6) is 17.2 Å². The van der Waals surface area contributed by atoms with Gasteiger partial charge in [-0.1, -0.05) is 40.2 Å². The van der Waals surface area contributed by atoms with Gasteiger partial charge in [0.15, 0.2) is 17.7 Å². The van der Waals surface area contributed by atoms with Gasteiger partial charge in [-0.05, 0) is 65.7 Å². The van der Waals surface area contributed by atoms with Crippen molar-refractivity contribution in [2.45, 2.75) is 32.7 Å². The molecule has 1 heterocycles. The summed E-state index contributed by atoms with van der Waals surface area (Å²) in [5.74, 6) is 0.602. The highest BCUT2D eigenvalue weighted by molar-refractivity contribution is 9.11. The van der Waals surface area contributed by atoms with Crippen molar-refractivity contribution in [2.75, 3.05) is 20.3 Å². The highest BCUT2D eigenvalue weighted by Crippen LogP contribution is 2.35. The van der Waals surface area contributed by atoms with Gasteiger partial charge in [-0.15, -0.1) is 0 Å². The molecule has 1 aliphatic heterocycles. The number of nitrogens with one attached hydrogen (secondary N) is 3. The van der Waals surface area contributed by atoms with Crippen LogP contribution in [0, 0.1) is 11.3 Å². The first-order chi connectivity index (χ1) is 22.1. The van der Waals surface area contributed by atoms with Crippen LogP contribution >= 0.6 is 31.9 Å². The number of aliphatic hydroxyl groups is 1. The molecule has 0 aliphatic carbocycles. The van der Waals surface area contributed by atoms with Gasteiger partial charge in [0.05, 0.1) is 47.7 Å². The molecule has 4 rings (SSSR count). The Kier molecular flexibility index (Phi) is 12.0. The summed E-state index contributed by atoms with van der Waals surface area (Å²) in [5.41, 5.74) is 5.70. The number of aliphatic hydroxyl groups excluding tert-OH is 1. The molecule has 0 radical (unpaired) electrons. The fourth-order valence-electron chi connectivity index (χ4n) is 4.55. The number of esters is 1. The highest BCUT2D eigenvalue weighted by Gasteiger charge is 2.32. The minimum atomic E-state index is -1.20. The summed E-state index contributed by atoms with van der Waals surface area (Å²) in [4.78, 5) is 24.7. The molecule has 12 nitrogen and oxygen atoms in total. The Balaban J connectivity index is 1.43. The van der Waals surface area contributed by atoms with Gasteiger partial charge in [0.25, 0.3) is 0 Å². The van der Waals surface area contributed by atoms with Crippen molar-refractivity contribution in [1.29, 1.82) is 5.26 Å². The smallest absolute Gasteiger partial charge is 0.337 e. The number of allylic oxidation sites excluding steroid dienone is 1. The highest BCUT2D eigenvalue weighted by atomic mass is 79.9. The predicted molar refractivity (Wildman–Crippen MR) is 176 cm³/mol. The first-order valence-corrected chi connectivity index (χ1v) is 15.6. The second-order valence-corrected chi connectivity index (χ2v) is 11.5. The average molecular weight is 757 g/mol. The third kappa shape index (κ3) is 8.57. The van der Waals surface area contributed by atoms with E-state index in [1.54, 1.807) is 50.2 Å². The molecule has 2 amide bonds. The SMILES string of the molecule is CCOc1cc([C@@H]2NC(=O)NC(C)=C2C(=O)OC)ccc1OC[C@@H](O)N/N=C/c1cc(Br)cc(Br)c1OCc1ccccc1C#N. The van der Waals surface area contributed by atoms with E-state index in [0.29, 0.717) is 50.7 Å². The monoisotopic (exact) mass is 755 g/mol. The molecule has 0 saturated heterocycles. The van der Waals surface area contributed by atoms with Gasteiger partial charge < -0.3 is 34.7 Å². The maximum Gasteiger partial charge on any atom is 0.337 e. The maximum absolute atomic E-state index is 12.5. The Hall–Kier alpha value is -4.58. The van der Waals surface area contributed by atoms with E-state index >= 15 is 0 Å². The minimum Gasteiger partial charge on any atom is -0.490 e. The summed E-state index contributed by atoms with van der Waals surface area (Å²) in [6.07, 6.45) is 0.292. The van der Waals surface area contributed by atoms with Crippen molar-refractivity contribution >= 4 is 50.1 Å². The summed E-state index contributed by atoms with van der Waals surface area (Å²) in [7, 11) is 1.27. The Morgan fingerprint density at radius 2 is 1.93 bits per heavy atom. The minimum absolute atomic E-state index is 0.166. The number of carbonyl (C=O) groups excluding carboxylic acids is 2. The molecule has 1 aliphatic rings. The van der Waals surface area contributed by atoms with Crippen LogP contribution in [-0.2, 0) is 16.1 Å². The zero-order valence-electron chi connectivity index (χ0n) is 25.1. The fourth-order valence-corrected chi connectivity index (χ4v) is 5.92. The van der Waals surface area contributed by atoms with Gasteiger partial charge >= 0.3 is 12.0 Å². The van der Waals surface area contributed by atoms with E-state index in [1.165, 1.54) is 13.3 Å². The van der Waals surface area contributed by atoms with E-state index in [1.807, 2.05) is 18.2 Å². The van der Waals surface area contributed by atoms with Crippen LogP contribution in [0.25, 0.3) is 0 Å². The fraction of sp³-hybridized carbons (Fsp3) is 0.250. The lowest BCUT2D eigenvalue weighted by Crippen LogP contribution is -2.45. The van der Waals surface area contributed by atoms with E-state index < -0.39 is 24.3 Å². The number of methoxy groups -OCH3 is 1. The molecule has 3 aromatic carbocycles. The van der Waals surface area contributed by atoms with Crippen LogP contribution in [0.2, 0.25) is 0 Å². The molecule has 0 aromatic heterocycles. The molecular formula is C32H31Br2N5O7. The van der Waals surface area contributed by atoms with E-state index in [-0.39, 0.29) is 18.8 Å². The number of nitrogens with zero attached hydrogens (tertiary/aromatic N) is 2. The molecule has 240 valence electrons. The standard InChI is InChI=1S/C32H31Br2N5O7/c1-4-44-26-12-19(29-28(31(41)43-3)18(2)37-32(42)38-29)9-10-25(26)45-17-27(40)39-36-15-22-11-23(33)13-24(34)30(22)46-16-21-8-6-5-7-20(21)14-35/h5-13,15,27,29,39-40H,4,16-17H2,1-3H3,(H2,37,38,42)/b36-15+/t27-,29+/m1/s1. The van der Waals surface area contributed by atoms with Gasteiger partial charge in [0, 0.05) is 21.3 Å². The number of urea groups is 1. The van der Waals surface area contributed by atoms with Crippen molar-refractivity contribution in [3.05, 3.63) is 97.1 Å². The van der Waals surface area contributed by atoms with Crippen LogP contribution in [-0.4, -0.2) is 49.9 Å². The topological polar surface area (TPSA) is 164 Å². The number of hydrogen-bond acceptors (Lipinski definition) is 10. The molecule has 14 heteroatoms. The number of nitriles is 1. The van der Waals surface area contributed by atoms with Crippen molar-refractivity contribution in [2.24, 2.45) is 5.10 Å². The van der Waals surface area contributed by atoms with Gasteiger partial charge in [-0.3, -0.25) is 5.43 Å². The summed E-state index contributed by atoms with van der Waals surface area (Å²) in [6, 6.07) is 16.7. The number of carbonyl (C=O) groups is 2. The summed E-state index contributed by atoms with van der Waals surface area (Å²) >= 11 is 6.98. The Morgan fingerprint density at radius 1 is 1.15 bits per heavy atom. The number of hydrazone groups is 1. The first kappa shape index (κ1) is 34.3. The van der Waals surface area contributed by atoms with Crippen molar-refractivity contribution in [3.8, 4) is 23.3 Å². The Labute approximate surface area is 282 Å². The quantitative estimate of drug-likeness (QED) is 0.0797. The number of hydrogen-bond donors (Lipinski definition) is 4. The second-order valence-electron chi connectivity index (χ2n) is 9.78. The lowest BCUT2D eigenvalue weighted by atomic mass is 9.95. The molecule has 0 bridgehead atoms. The lowest BCUT2D eigenvalue weighted by Gasteiger charge is -2.28. The van der Waals surface area contributed by atoms with E-state index in [0.717, 1.165) is 10.0 Å². The van der Waals surface area contributed by atoms with E-state index in [9.17, 15) is 20.0 Å². The molecule has 3 aromatic rings. The summed E-state index contributed by atoms with van der Waals surface area (Å²) in [6.45, 7) is 3.72. The molecule has 0 saturated carbocycles.